The van der Waals surface area contributed by atoms with Gasteiger partial charge in [0.1, 0.15) is 35.8 Å². The molecule has 306 valence electrons. The first-order valence-electron chi connectivity index (χ1n) is 17.4. The van der Waals surface area contributed by atoms with E-state index in [-0.39, 0.29) is 58.6 Å². The molecule has 6 N–H and O–H groups in total. The summed E-state index contributed by atoms with van der Waals surface area (Å²) in [6.07, 6.45) is 2.88. The number of pyridine rings is 1. The van der Waals surface area contributed by atoms with Crippen molar-refractivity contribution in [3.05, 3.63) is 141 Å². The van der Waals surface area contributed by atoms with E-state index in [4.69, 9.17) is 17.4 Å². The summed E-state index contributed by atoms with van der Waals surface area (Å²) >= 11 is 0. The zero-order valence-corrected chi connectivity index (χ0v) is 33.6. The molecule has 1 aliphatic rings. The third kappa shape index (κ3) is 9.37. The number of rotatable bonds is 5. The smallest absolute Gasteiger partial charge is 0.425 e. The lowest BCUT2D eigenvalue weighted by molar-refractivity contribution is -0.646. The number of phenolic OH excluding ortho intramolecular Hbond substituents is 4. The van der Waals surface area contributed by atoms with Gasteiger partial charge in [-0.2, -0.15) is 21.4 Å². The molecule has 7 rings (SSSR count). The van der Waals surface area contributed by atoms with Crippen molar-refractivity contribution < 1.29 is 68.3 Å². The van der Waals surface area contributed by atoms with Crippen molar-refractivity contribution >= 4 is 53.9 Å². The van der Waals surface area contributed by atoms with E-state index in [1.165, 1.54) is 0 Å². The van der Waals surface area contributed by atoms with Gasteiger partial charge < -0.3 is 25.2 Å². The van der Waals surface area contributed by atoms with E-state index in [0.717, 1.165) is 46.6 Å². The highest BCUT2D eigenvalue weighted by atomic mass is 32.2. The van der Waals surface area contributed by atoms with Gasteiger partial charge in [0.2, 0.25) is 11.2 Å². The number of fused-ring (bicyclic) bond motifs is 9. The van der Waals surface area contributed by atoms with Crippen LogP contribution in [0.25, 0.3) is 23.1 Å². The first-order chi connectivity index (χ1) is 27.7. The number of nitrogens with zero attached hydrogens (tertiary/aromatic N) is 1. The molecular formula is C41H36NO14S3+. The van der Waals surface area contributed by atoms with Crippen LogP contribution in [0.15, 0.2) is 94.7 Å². The lowest BCUT2D eigenvalue weighted by atomic mass is 9.90. The molecule has 1 heterocycles. The van der Waals surface area contributed by atoms with Gasteiger partial charge in [0.25, 0.3) is 20.2 Å². The third-order valence-electron chi connectivity index (χ3n) is 9.96. The van der Waals surface area contributed by atoms with Gasteiger partial charge in [0.05, 0.1) is 22.3 Å². The zero-order chi connectivity index (χ0) is 43.0. The van der Waals surface area contributed by atoms with Crippen LogP contribution in [-0.2, 0) is 63.6 Å². The average molecular weight is 863 g/mol. The average Bonchev–Trinajstić information content (AvgIpc) is 3.15. The number of methoxy groups -OCH3 is 1. The lowest BCUT2D eigenvalue weighted by Gasteiger charge is -2.18. The highest BCUT2D eigenvalue weighted by Crippen LogP contribution is 2.40. The maximum atomic E-state index is 12.5. The SMILES string of the molecule is COc1ccc2c(ccc(/C=C/c3cc4c(O)c(c3)Cc3cc(S(=O)(=O)O)cc(c3O)Cc3cc(S(=O)(=O)O)cc(c3O)Cc3cccc(c3O)C4)[n+]2C)c1.O=S(=O)=O. The number of benzene rings is 5. The van der Waals surface area contributed by atoms with Crippen molar-refractivity contribution in [1.29, 1.82) is 0 Å². The summed E-state index contributed by atoms with van der Waals surface area (Å²) in [7, 11) is -9.24. The Morgan fingerprint density at radius 3 is 1.41 bits per heavy atom. The molecule has 0 aliphatic heterocycles. The molecule has 6 aromatic rings. The van der Waals surface area contributed by atoms with Crippen LogP contribution < -0.4 is 9.30 Å². The van der Waals surface area contributed by atoms with E-state index in [2.05, 4.69) is 0 Å². The summed E-state index contributed by atoms with van der Waals surface area (Å²) in [6, 6.07) is 22.1. The Bertz CT molecular complexity index is 3050. The van der Waals surface area contributed by atoms with Crippen molar-refractivity contribution in [2.75, 3.05) is 7.11 Å². The van der Waals surface area contributed by atoms with Gasteiger partial charge in [-0.1, -0.05) is 18.2 Å². The van der Waals surface area contributed by atoms with E-state index < -0.39 is 58.6 Å². The molecule has 1 aromatic heterocycles. The van der Waals surface area contributed by atoms with Crippen molar-refractivity contribution in [3.63, 3.8) is 0 Å². The lowest BCUT2D eigenvalue weighted by Crippen LogP contribution is -2.32. The molecule has 0 fully saturated rings. The second kappa shape index (κ2) is 16.5. The standard InChI is InChI=1S/C41H35NO11S2.O3S/c1-42-33(9-7-24-18-34(53-2)10-11-37(24)42)8-6-23-12-27-14-25-4-3-5-26(38(25)43)15-29-19-35(54(47,48)49)21-31(40(29)45)17-32-22-36(55(50,51)52)20-30(41(32)46)16-28(13-23)39(27)44;1-4(2)3/h3-13,18-22H,14-17H2,1-2H3,(H5,43,45,46,47,48,49,50,51,52);/p+1. The number of ether oxygens (including phenoxy) is 1. The van der Waals surface area contributed by atoms with E-state index in [0.29, 0.717) is 22.3 Å². The van der Waals surface area contributed by atoms with Gasteiger partial charge in [0.15, 0.2) is 0 Å². The maximum Gasteiger partial charge on any atom is 0.425 e. The molecule has 8 bridgehead atoms. The first-order valence-corrected chi connectivity index (χ1v) is 21.3. The predicted molar refractivity (Wildman–Crippen MR) is 214 cm³/mol. The van der Waals surface area contributed by atoms with Crippen LogP contribution in [0.4, 0.5) is 0 Å². The van der Waals surface area contributed by atoms with Crippen LogP contribution in [0.3, 0.4) is 0 Å². The zero-order valence-electron chi connectivity index (χ0n) is 31.2. The van der Waals surface area contributed by atoms with Crippen LogP contribution >= 0.6 is 0 Å². The molecule has 0 spiro atoms. The van der Waals surface area contributed by atoms with Gasteiger partial charge in [-0.05, 0) is 88.5 Å². The number of phenols is 4. The van der Waals surface area contributed by atoms with E-state index >= 15 is 0 Å². The van der Waals surface area contributed by atoms with E-state index in [1.54, 1.807) is 37.4 Å². The molecule has 0 atom stereocenters. The van der Waals surface area contributed by atoms with E-state index in [9.17, 15) is 46.4 Å². The molecule has 0 saturated carbocycles. The highest BCUT2D eigenvalue weighted by molar-refractivity contribution is 7.86. The Morgan fingerprint density at radius 1 is 0.576 bits per heavy atom. The highest BCUT2D eigenvalue weighted by Gasteiger charge is 2.24. The molecule has 15 nitrogen and oxygen atoms in total. The first kappa shape index (κ1) is 42.3. The van der Waals surface area contributed by atoms with Crippen molar-refractivity contribution in [2.24, 2.45) is 7.05 Å². The van der Waals surface area contributed by atoms with Crippen LogP contribution in [0.5, 0.6) is 28.7 Å². The molecule has 1 aliphatic carbocycles. The monoisotopic (exact) mass is 862 g/mol. The molecule has 0 amide bonds. The van der Waals surface area contributed by atoms with Crippen LogP contribution in [-0.4, -0.2) is 66.1 Å². The Hall–Kier alpha value is -6.31. The Kier molecular flexibility index (Phi) is 11.8. The number of aromatic nitrogens is 1. The minimum Gasteiger partial charge on any atom is -0.507 e. The molecule has 59 heavy (non-hydrogen) atoms. The van der Waals surface area contributed by atoms with Gasteiger partial charge >= 0.3 is 10.6 Å². The fraction of sp³-hybridized carbons (Fsp3) is 0.146. The van der Waals surface area contributed by atoms with Crippen LogP contribution in [0.1, 0.15) is 55.8 Å². The number of aryl methyl sites for hydroxylation is 1. The minimum absolute atomic E-state index is 0.00792. The molecule has 0 saturated heterocycles. The summed E-state index contributed by atoms with van der Waals surface area (Å²) < 4.78 is 102. The van der Waals surface area contributed by atoms with Crippen molar-refractivity contribution in [3.8, 4) is 28.7 Å². The Labute approximate surface area is 339 Å². The molecular weight excluding hydrogens is 827 g/mol. The number of aromatic hydroxyl groups is 4. The quantitative estimate of drug-likeness (QED) is 0.100. The number of para-hydroxylation sites is 1. The summed E-state index contributed by atoms with van der Waals surface area (Å²) in [5.74, 6) is -0.441. The molecule has 0 radical (unpaired) electrons. The van der Waals surface area contributed by atoms with Crippen LogP contribution in [0.2, 0.25) is 0 Å². The fourth-order valence-electron chi connectivity index (χ4n) is 7.07. The van der Waals surface area contributed by atoms with Crippen molar-refractivity contribution in [1.82, 2.24) is 0 Å². The summed E-state index contributed by atoms with van der Waals surface area (Å²) in [5, 5.41) is 47.1. The summed E-state index contributed by atoms with van der Waals surface area (Å²) in [5.41, 5.74) is 3.60. The predicted octanol–water partition coefficient (Wildman–Crippen LogP) is 4.83. The summed E-state index contributed by atoms with van der Waals surface area (Å²) in [4.78, 5) is -1.16. The van der Waals surface area contributed by atoms with Gasteiger partial charge in [0, 0.05) is 66.1 Å². The molecule has 0 unspecified atom stereocenters. The molecule has 5 aromatic carbocycles. The normalized spacial score (nSPS) is 12.8. The Balaban J connectivity index is 0.00000140. The fourth-order valence-corrected chi connectivity index (χ4v) is 8.23. The maximum absolute atomic E-state index is 12.5. The number of hydrogen-bond donors (Lipinski definition) is 6. The topological polar surface area (TPSA) is 254 Å². The second-order valence-corrected chi connectivity index (χ2v) is 17.0. The van der Waals surface area contributed by atoms with Gasteiger partial charge in [-0.25, -0.2) is 0 Å². The minimum atomic E-state index is -4.85. The summed E-state index contributed by atoms with van der Waals surface area (Å²) in [6.45, 7) is 0. The second-order valence-electron chi connectivity index (χ2n) is 13.7. The third-order valence-corrected chi connectivity index (χ3v) is 11.6. The van der Waals surface area contributed by atoms with Gasteiger partial charge in [-0.15, -0.1) is 12.6 Å². The van der Waals surface area contributed by atoms with Crippen LogP contribution in [0, 0.1) is 0 Å². The largest absolute Gasteiger partial charge is 0.507 e. The van der Waals surface area contributed by atoms with Crippen molar-refractivity contribution in [2.45, 2.75) is 35.5 Å². The Morgan fingerprint density at radius 2 is 0.983 bits per heavy atom. The number of hydrogen-bond acceptors (Lipinski definition) is 12. The van der Waals surface area contributed by atoms with Gasteiger partial charge in [-0.3, -0.25) is 9.11 Å². The van der Waals surface area contributed by atoms with E-state index in [1.807, 2.05) is 54.1 Å². The molecule has 18 heteroatoms.